The normalized spacial score (nSPS) is 22.8. The van der Waals surface area contributed by atoms with E-state index < -0.39 is 0 Å². The molecule has 2 atom stereocenters. The number of aromatic nitrogens is 1. The lowest BCUT2D eigenvalue weighted by atomic mass is 9.94. The number of benzene rings is 1. The third kappa shape index (κ3) is 3.99. The monoisotopic (exact) mass is 394 g/mol. The SMILES string of the molecule is C=CCn1cc2c3c(cccc31)[C@H](CC(C)C)N[C@H](C(=O)N1CCN(C)CC1)C2. The Balaban J connectivity index is 1.72. The standard InChI is InChI=1S/C24H34N4O/c1-5-9-28-16-18-15-21(24(29)27-12-10-26(4)11-13-27)25-20(14-17(2)3)19-7-6-8-22(28)23(18)19/h5-8,16-17,20-21,25H,1,9-15H2,2-4H3/t20-,21-/m0/s1. The second kappa shape index (κ2) is 8.33. The molecule has 156 valence electrons. The van der Waals surface area contributed by atoms with Crippen LogP contribution < -0.4 is 5.32 Å². The maximum absolute atomic E-state index is 13.5. The zero-order valence-electron chi connectivity index (χ0n) is 18.0. The number of amides is 1. The predicted molar refractivity (Wildman–Crippen MR) is 119 cm³/mol. The largest absolute Gasteiger partial charge is 0.343 e. The molecule has 1 aromatic carbocycles. The van der Waals surface area contributed by atoms with Crippen molar-refractivity contribution in [3.05, 3.63) is 48.2 Å². The summed E-state index contributed by atoms with van der Waals surface area (Å²) in [6.07, 6.45) is 5.95. The Labute approximate surface area is 174 Å². The number of nitrogens with one attached hydrogen (secondary N) is 1. The summed E-state index contributed by atoms with van der Waals surface area (Å²) in [5.41, 5.74) is 3.87. The highest BCUT2D eigenvalue weighted by molar-refractivity contribution is 5.90. The topological polar surface area (TPSA) is 40.5 Å². The quantitative estimate of drug-likeness (QED) is 0.792. The van der Waals surface area contributed by atoms with Gasteiger partial charge in [-0.05, 0) is 43.0 Å². The van der Waals surface area contributed by atoms with Crippen molar-refractivity contribution in [2.24, 2.45) is 5.92 Å². The Kier molecular flexibility index (Phi) is 5.79. The molecule has 2 aromatic rings. The molecule has 3 heterocycles. The molecule has 1 saturated heterocycles. The molecule has 0 aliphatic carbocycles. The fourth-order valence-electron chi connectivity index (χ4n) is 4.89. The van der Waals surface area contributed by atoms with E-state index in [2.05, 4.69) is 71.6 Å². The van der Waals surface area contributed by atoms with Crippen molar-refractivity contribution in [3.63, 3.8) is 0 Å². The van der Waals surface area contributed by atoms with Gasteiger partial charge in [0.1, 0.15) is 0 Å². The lowest BCUT2D eigenvalue weighted by molar-refractivity contribution is -0.135. The Morgan fingerprint density at radius 2 is 2.03 bits per heavy atom. The average molecular weight is 395 g/mol. The van der Waals surface area contributed by atoms with E-state index in [-0.39, 0.29) is 18.0 Å². The van der Waals surface area contributed by atoms with Crippen molar-refractivity contribution in [2.75, 3.05) is 33.2 Å². The van der Waals surface area contributed by atoms with E-state index in [4.69, 9.17) is 0 Å². The summed E-state index contributed by atoms with van der Waals surface area (Å²) in [6, 6.07) is 6.62. The van der Waals surface area contributed by atoms with Crippen molar-refractivity contribution < 1.29 is 4.79 Å². The first-order valence-electron chi connectivity index (χ1n) is 10.9. The molecule has 0 unspecified atom stereocenters. The molecule has 5 nitrogen and oxygen atoms in total. The molecular weight excluding hydrogens is 360 g/mol. The van der Waals surface area contributed by atoms with E-state index in [1.54, 1.807) is 0 Å². The lowest BCUT2D eigenvalue weighted by Crippen LogP contribution is -2.54. The van der Waals surface area contributed by atoms with Gasteiger partial charge in [-0.15, -0.1) is 6.58 Å². The first-order chi connectivity index (χ1) is 14.0. The highest BCUT2D eigenvalue weighted by Gasteiger charge is 2.33. The molecule has 1 fully saturated rings. The van der Waals surface area contributed by atoms with Crippen molar-refractivity contribution in [2.45, 2.75) is 45.3 Å². The molecule has 0 radical (unpaired) electrons. The molecular formula is C24H34N4O. The highest BCUT2D eigenvalue weighted by atomic mass is 16.2. The summed E-state index contributed by atoms with van der Waals surface area (Å²) in [5, 5.41) is 5.10. The van der Waals surface area contributed by atoms with E-state index in [1.165, 1.54) is 22.0 Å². The predicted octanol–water partition coefficient (Wildman–Crippen LogP) is 3.20. The molecule has 4 rings (SSSR count). The van der Waals surface area contributed by atoms with Gasteiger partial charge in [-0.25, -0.2) is 0 Å². The van der Waals surface area contributed by atoms with E-state index >= 15 is 0 Å². The van der Waals surface area contributed by atoms with Crippen molar-refractivity contribution >= 4 is 16.8 Å². The second-order valence-corrected chi connectivity index (χ2v) is 9.07. The number of hydrogen-bond donors (Lipinski definition) is 1. The van der Waals surface area contributed by atoms with Crippen LogP contribution in [0.2, 0.25) is 0 Å². The second-order valence-electron chi connectivity index (χ2n) is 9.07. The van der Waals surface area contributed by atoms with Crippen molar-refractivity contribution in [1.29, 1.82) is 0 Å². The smallest absolute Gasteiger partial charge is 0.240 e. The van der Waals surface area contributed by atoms with E-state index in [1.807, 2.05) is 6.08 Å². The number of carbonyl (C=O) groups excluding carboxylic acids is 1. The van der Waals surface area contributed by atoms with Crippen LogP contribution >= 0.6 is 0 Å². The molecule has 0 spiro atoms. The van der Waals surface area contributed by atoms with Gasteiger partial charge in [-0.3, -0.25) is 10.1 Å². The summed E-state index contributed by atoms with van der Waals surface area (Å²) >= 11 is 0. The summed E-state index contributed by atoms with van der Waals surface area (Å²) < 4.78 is 2.27. The molecule has 0 saturated carbocycles. The van der Waals surface area contributed by atoms with Gasteiger partial charge >= 0.3 is 0 Å². The van der Waals surface area contributed by atoms with Crippen LogP contribution in [0.5, 0.6) is 0 Å². The third-order valence-corrected chi connectivity index (χ3v) is 6.36. The van der Waals surface area contributed by atoms with Gasteiger partial charge in [0, 0.05) is 55.9 Å². The molecule has 2 aliphatic heterocycles. The fraction of sp³-hybridized carbons (Fsp3) is 0.542. The summed E-state index contributed by atoms with van der Waals surface area (Å²) in [7, 11) is 2.13. The van der Waals surface area contributed by atoms with Gasteiger partial charge in [0.2, 0.25) is 5.91 Å². The Hall–Kier alpha value is -2.11. The van der Waals surface area contributed by atoms with Gasteiger partial charge in [0.15, 0.2) is 0 Å². The van der Waals surface area contributed by atoms with Crippen LogP contribution in [0.3, 0.4) is 0 Å². The molecule has 1 N–H and O–H groups in total. The number of likely N-dealkylation sites (N-methyl/N-ethyl adjacent to an activating group) is 1. The maximum Gasteiger partial charge on any atom is 0.240 e. The van der Waals surface area contributed by atoms with E-state index in [0.29, 0.717) is 5.92 Å². The number of piperazine rings is 1. The van der Waals surface area contributed by atoms with Gasteiger partial charge in [0.05, 0.1) is 6.04 Å². The molecule has 1 aromatic heterocycles. The number of allylic oxidation sites excluding steroid dienone is 1. The molecule has 5 heteroatoms. The van der Waals surface area contributed by atoms with Gasteiger partial charge < -0.3 is 14.4 Å². The average Bonchev–Trinajstić information content (AvgIpc) is 2.96. The number of rotatable bonds is 5. The van der Waals surface area contributed by atoms with Crippen molar-refractivity contribution in [3.8, 4) is 0 Å². The number of nitrogens with zero attached hydrogens (tertiary/aromatic N) is 3. The highest BCUT2D eigenvalue weighted by Crippen LogP contribution is 2.36. The first kappa shape index (κ1) is 20.2. The van der Waals surface area contributed by atoms with Crippen LogP contribution in [-0.4, -0.2) is 59.5 Å². The summed E-state index contributed by atoms with van der Waals surface area (Å²) in [6.45, 7) is 12.8. The summed E-state index contributed by atoms with van der Waals surface area (Å²) in [4.78, 5) is 17.8. The van der Waals surface area contributed by atoms with E-state index in [9.17, 15) is 4.79 Å². The van der Waals surface area contributed by atoms with Crippen molar-refractivity contribution in [1.82, 2.24) is 19.7 Å². The van der Waals surface area contributed by atoms with Gasteiger partial charge in [-0.1, -0.05) is 32.1 Å². The van der Waals surface area contributed by atoms with Gasteiger partial charge in [0.25, 0.3) is 0 Å². The Bertz CT molecular complexity index is 892. The summed E-state index contributed by atoms with van der Waals surface area (Å²) in [5.74, 6) is 0.809. The molecule has 2 aliphatic rings. The van der Waals surface area contributed by atoms with Crippen LogP contribution in [0.4, 0.5) is 0 Å². The first-order valence-corrected chi connectivity index (χ1v) is 10.9. The number of hydrogen-bond acceptors (Lipinski definition) is 3. The third-order valence-electron chi connectivity index (χ3n) is 6.36. The minimum Gasteiger partial charge on any atom is -0.343 e. The zero-order chi connectivity index (χ0) is 20.5. The van der Waals surface area contributed by atoms with Crippen LogP contribution in [0.25, 0.3) is 10.9 Å². The van der Waals surface area contributed by atoms with Crippen LogP contribution in [0.15, 0.2) is 37.1 Å². The van der Waals surface area contributed by atoms with Crippen LogP contribution in [-0.2, 0) is 17.8 Å². The van der Waals surface area contributed by atoms with Crippen LogP contribution in [0.1, 0.15) is 37.4 Å². The minimum absolute atomic E-state index is 0.169. The Morgan fingerprint density at radius 1 is 1.28 bits per heavy atom. The fourth-order valence-corrected chi connectivity index (χ4v) is 4.89. The van der Waals surface area contributed by atoms with E-state index in [0.717, 1.165) is 45.6 Å². The molecule has 0 bridgehead atoms. The molecule has 1 amide bonds. The lowest BCUT2D eigenvalue weighted by Gasteiger charge is -2.35. The van der Waals surface area contributed by atoms with Crippen LogP contribution in [0, 0.1) is 5.92 Å². The maximum atomic E-state index is 13.5. The molecule has 29 heavy (non-hydrogen) atoms. The minimum atomic E-state index is -0.169. The Morgan fingerprint density at radius 3 is 2.72 bits per heavy atom. The van der Waals surface area contributed by atoms with Gasteiger partial charge in [-0.2, -0.15) is 0 Å². The number of carbonyl (C=O) groups is 1. The zero-order valence-corrected chi connectivity index (χ0v) is 18.0.